The monoisotopic (exact) mass is 254 g/mol. The average molecular weight is 254 g/mol. The molecule has 0 bridgehead atoms. The van der Waals surface area contributed by atoms with Gasteiger partial charge in [-0.1, -0.05) is 6.92 Å². The molecule has 1 heterocycles. The van der Waals surface area contributed by atoms with Crippen LogP contribution in [0.15, 0.2) is 0 Å². The van der Waals surface area contributed by atoms with Crippen molar-refractivity contribution < 1.29 is 9.53 Å². The molecule has 1 saturated carbocycles. The molecule has 2 aliphatic rings. The van der Waals surface area contributed by atoms with Crippen molar-refractivity contribution in [2.45, 2.75) is 57.5 Å². The summed E-state index contributed by atoms with van der Waals surface area (Å²) in [5.74, 6) is 0.309. The van der Waals surface area contributed by atoms with Gasteiger partial charge < -0.3 is 15.0 Å². The third-order valence-electron chi connectivity index (χ3n) is 3.61. The van der Waals surface area contributed by atoms with Gasteiger partial charge in [0.1, 0.15) is 0 Å². The van der Waals surface area contributed by atoms with Gasteiger partial charge >= 0.3 is 0 Å². The Labute approximate surface area is 110 Å². The fraction of sp³-hybridized carbons (Fsp3) is 0.929. The molecule has 0 radical (unpaired) electrons. The Kier molecular flexibility index (Phi) is 5.45. The minimum atomic E-state index is 0.0859. The lowest BCUT2D eigenvalue weighted by Gasteiger charge is -2.32. The van der Waals surface area contributed by atoms with E-state index in [1.165, 1.54) is 12.8 Å². The smallest absolute Gasteiger partial charge is 0.239 e. The van der Waals surface area contributed by atoms with Gasteiger partial charge in [0.25, 0.3) is 0 Å². The van der Waals surface area contributed by atoms with E-state index in [0.29, 0.717) is 11.9 Å². The van der Waals surface area contributed by atoms with Crippen LogP contribution in [-0.2, 0) is 9.53 Å². The second-order valence-electron chi connectivity index (χ2n) is 5.43. The molecule has 1 atom stereocenters. The molecule has 0 aromatic heterocycles. The highest BCUT2D eigenvalue weighted by Crippen LogP contribution is 2.22. The molecule has 0 spiro atoms. The lowest BCUT2D eigenvalue weighted by molar-refractivity contribution is -0.136. The van der Waals surface area contributed by atoms with Crippen LogP contribution in [0.4, 0.5) is 0 Å². The van der Waals surface area contributed by atoms with E-state index in [4.69, 9.17) is 4.74 Å². The first kappa shape index (κ1) is 13.8. The number of rotatable bonds is 8. The first-order valence-electron chi connectivity index (χ1n) is 7.44. The van der Waals surface area contributed by atoms with E-state index in [1.54, 1.807) is 0 Å². The molecule has 1 N–H and O–H groups in total. The molecule has 1 aliphatic carbocycles. The van der Waals surface area contributed by atoms with Gasteiger partial charge in [-0.25, -0.2) is 0 Å². The standard InChI is InChI=1S/C14H26N2O2/c1-2-10-18-11-4-9-16-8-3-5-13(14(16)17)15-12-6-7-12/h12-13,15H,2-11H2,1H3. The first-order valence-corrected chi connectivity index (χ1v) is 7.44. The van der Waals surface area contributed by atoms with Crippen molar-refractivity contribution in [1.29, 1.82) is 0 Å². The van der Waals surface area contributed by atoms with Crippen LogP contribution < -0.4 is 5.32 Å². The van der Waals surface area contributed by atoms with Gasteiger partial charge in [0.15, 0.2) is 0 Å². The normalized spacial score (nSPS) is 24.6. The van der Waals surface area contributed by atoms with Crippen LogP contribution in [0.1, 0.15) is 45.4 Å². The topological polar surface area (TPSA) is 41.6 Å². The summed E-state index contributed by atoms with van der Waals surface area (Å²) >= 11 is 0. The Morgan fingerprint density at radius 1 is 1.33 bits per heavy atom. The fourth-order valence-electron chi connectivity index (χ4n) is 2.46. The number of carbonyl (C=O) groups is 1. The van der Waals surface area contributed by atoms with E-state index >= 15 is 0 Å². The maximum atomic E-state index is 12.2. The number of amides is 1. The zero-order valence-corrected chi connectivity index (χ0v) is 11.5. The van der Waals surface area contributed by atoms with Crippen LogP contribution in [0.3, 0.4) is 0 Å². The molecular weight excluding hydrogens is 228 g/mol. The number of nitrogens with one attached hydrogen (secondary N) is 1. The highest BCUT2D eigenvalue weighted by molar-refractivity contribution is 5.82. The van der Waals surface area contributed by atoms with Crippen LogP contribution in [0, 0.1) is 0 Å². The second kappa shape index (κ2) is 7.10. The highest BCUT2D eigenvalue weighted by Gasteiger charge is 2.32. The molecule has 2 fully saturated rings. The number of ether oxygens (including phenoxy) is 1. The van der Waals surface area contributed by atoms with E-state index in [-0.39, 0.29) is 6.04 Å². The summed E-state index contributed by atoms with van der Waals surface area (Å²) in [6, 6.07) is 0.703. The quantitative estimate of drug-likeness (QED) is 0.668. The van der Waals surface area contributed by atoms with Crippen molar-refractivity contribution in [2.24, 2.45) is 0 Å². The van der Waals surface area contributed by atoms with E-state index in [9.17, 15) is 4.79 Å². The van der Waals surface area contributed by atoms with Gasteiger partial charge in [-0.2, -0.15) is 0 Å². The Morgan fingerprint density at radius 3 is 2.89 bits per heavy atom. The largest absolute Gasteiger partial charge is 0.381 e. The number of likely N-dealkylation sites (tertiary alicyclic amines) is 1. The van der Waals surface area contributed by atoms with E-state index < -0.39 is 0 Å². The molecule has 1 unspecified atom stereocenters. The van der Waals surface area contributed by atoms with Crippen LogP contribution in [0.5, 0.6) is 0 Å². The van der Waals surface area contributed by atoms with Crippen LogP contribution in [0.2, 0.25) is 0 Å². The Morgan fingerprint density at radius 2 is 2.17 bits per heavy atom. The minimum absolute atomic E-state index is 0.0859. The van der Waals surface area contributed by atoms with Crippen molar-refractivity contribution in [1.82, 2.24) is 10.2 Å². The predicted octanol–water partition coefficient (Wildman–Crippen LogP) is 1.55. The molecule has 1 saturated heterocycles. The number of nitrogens with zero attached hydrogens (tertiary/aromatic N) is 1. The minimum Gasteiger partial charge on any atom is -0.381 e. The first-order chi connectivity index (χ1) is 8.81. The van der Waals surface area contributed by atoms with E-state index in [1.807, 2.05) is 4.90 Å². The van der Waals surface area contributed by atoms with Crippen molar-refractivity contribution in [3.05, 3.63) is 0 Å². The average Bonchev–Trinajstić information content (AvgIpc) is 3.17. The van der Waals surface area contributed by atoms with Crippen LogP contribution in [0.25, 0.3) is 0 Å². The Hall–Kier alpha value is -0.610. The molecule has 18 heavy (non-hydrogen) atoms. The summed E-state index contributed by atoms with van der Waals surface area (Å²) in [6.07, 6.45) is 6.66. The molecule has 0 aromatic carbocycles. The van der Waals surface area contributed by atoms with Gasteiger partial charge in [0, 0.05) is 32.3 Å². The predicted molar refractivity (Wildman–Crippen MR) is 71.5 cm³/mol. The summed E-state index contributed by atoms with van der Waals surface area (Å²) < 4.78 is 5.46. The maximum Gasteiger partial charge on any atom is 0.239 e. The number of hydrogen-bond donors (Lipinski definition) is 1. The third-order valence-corrected chi connectivity index (χ3v) is 3.61. The molecular formula is C14H26N2O2. The molecule has 104 valence electrons. The van der Waals surface area contributed by atoms with Gasteiger partial charge in [-0.05, 0) is 38.5 Å². The van der Waals surface area contributed by atoms with E-state index in [0.717, 1.165) is 52.0 Å². The maximum absolute atomic E-state index is 12.2. The lowest BCUT2D eigenvalue weighted by Crippen LogP contribution is -2.51. The molecule has 4 heteroatoms. The zero-order valence-electron chi connectivity index (χ0n) is 11.5. The SMILES string of the molecule is CCCOCCCN1CCCC(NC2CC2)C1=O. The van der Waals surface area contributed by atoms with Gasteiger partial charge in [-0.3, -0.25) is 4.79 Å². The second-order valence-corrected chi connectivity index (χ2v) is 5.43. The molecule has 2 rings (SSSR count). The third kappa shape index (κ3) is 4.25. The summed E-state index contributed by atoms with van der Waals surface area (Å²) in [4.78, 5) is 14.2. The van der Waals surface area contributed by atoms with Crippen LogP contribution in [-0.4, -0.2) is 49.2 Å². The lowest BCUT2D eigenvalue weighted by atomic mass is 10.0. The van der Waals surface area contributed by atoms with Crippen molar-refractivity contribution >= 4 is 5.91 Å². The number of carbonyl (C=O) groups excluding carboxylic acids is 1. The van der Waals surface area contributed by atoms with Crippen LogP contribution >= 0.6 is 0 Å². The Bertz CT molecular complexity index is 267. The number of piperidine rings is 1. The summed E-state index contributed by atoms with van der Waals surface area (Å²) in [5, 5.41) is 3.46. The van der Waals surface area contributed by atoms with Crippen molar-refractivity contribution in [2.75, 3.05) is 26.3 Å². The highest BCUT2D eigenvalue weighted by atomic mass is 16.5. The summed E-state index contributed by atoms with van der Waals surface area (Å²) in [6.45, 7) is 5.50. The van der Waals surface area contributed by atoms with Gasteiger partial charge in [0.05, 0.1) is 6.04 Å². The fourth-order valence-corrected chi connectivity index (χ4v) is 2.46. The van der Waals surface area contributed by atoms with Gasteiger partial charge in [-0.15, -0.1) is 0 Å². The van der Waals surface area contributed by atoms with Crippen molar-refractivity contribution in [3.63, 3.8) is 0 Å². The van der Waals surface area contributed by atoms with Crippen molar-refractivity contribution in [3.8, 4) is 0 Å². The van der Waals surface area contributed by atoms with Gasteiger partial charge in [0.2, 0.25) is 5.91 Å². The summed E-state index contributed by atoms with van der Waals surface area (Å²) in [5.41, 5.74) is 0. The zero-order chi connectivity index (χ0) is 12.8. The number of hydrogen-bond acceptors (Lipinski definition) is 3. The molecule has 0 aromatic rings. The summed E-state index contributed by atoms with van der Waals surface area (Å²) in [7, 11) is 0. The molecule has 1 aliphatic heterocycles. The Balaban J connectivity index is 1.65. The molecule has 1 amide bonds. The molecule has 4 nitrogen and oxygen atoms in total. The van der Waals surface area contributed by atoms with E-state index in [2.05, 4.69) is 12.2 Å².